The van der Waals surface area contributed by atoms with Crippen LogP contribution in [0.3, 0.4) is 0 Å². The summed E-state index contributed by atoms with van der Waals surface area (Å²) in [6.07, 6.45) is 8.31. The van der Waals surface area contributed by atoms with Crippen molar-refractivity contribution in [3.63, 3.8) is 0 Å². The second-order valence-corrected chi connectivity index (χ2v) is 6.59. The third kappa shape index (κ3) is 3.91. The molecule has 0 spiro atoms. The highest BCUT2D eigenvalue weighted by Gasteiger charge is 2.20. The highest BCUT2D eigenvalue weighted by molar-refractivity contribution is 7.13. The number of rotatable bonds is 5. The van der Waals surface area contributed by atoms with Crippen LogP contribution in [0.2, 0.25) is 0 Å². The number of hydrogen-bond donors (Lipinski definition) is 1. The minimum absolute atomic E-state index is 0.222. The lowest BCUT2D eigenvalue weighted by Crippen LogP contribution is -2.33. The topological polar surface area (TPSA) is 54.9 Å². The number of thiazole rings is 1. The van der Waals surface area contributed by atoms with Gasteiger partial charge in [-0.1, -0.05) is 25.3 Å². The van der Waals surface area contributed by atoms with Crippen LogP contribution < -0.4 is 5.32 Å². The van der Waals surface area contributed by atoms with Gasteiger partial charge in [0.1, 0.15) is 5.01 Å². The van der Waals surface area contributed by atoms with E-state index in [0.29, 0.717) is 6.54 Å². The Morgan fingerprint density at radius 1 is 1.27 bits per heavy atom. The van der Waals surface area contributed by atoms with Crippen LogP contribution in [0.1, 0.15) is 37.8 Å². The van der Waals surface area contributed by atoms with Crippen molar-refractivity contribution in [1.82, 2.24) is 15.3 Å². The maximum Gasteiger partial charge on any atom is 0.223 e. The van der Waals surface area contributed by atoms with Crippen LogP contribution in [-0.4, -0.2) is 22.4 Å². The number of hydrogen-bond acceptors (Lipinski definition) is 4. The fraction of sp³-hybridized carbons (Fsp3) is 0.471. The molecule has 1 N–H and O–H groups in total. The number of nitrogens with zero attached hydrogens (tertiary/aromatic N) is 2. The van der Waals surface area contributed by atoms with Crippen LogP contribution in [0.5, 0.6) is 0 Å². The molecule has 0 atom stereocenters. The summed E-state index contributed by atoms with van der Waals surface area (Å²) in [5.74, 6) is 0.452. The van der Waals surface area contributed by atoms with Gasteiger partial charge in [0.15, 0.2) is 0 Å². The molecule has 1 aliphatic carbocycles. The van der Waals surface area contributed by atoms with E-state index >= 15 is 0 Å². The summed E-state index contributed by atoms with van der Waals surface area (Å²) in [6.45, 7) is 0.667. The van der Waals surface area contributed by atoms with Gasteiger partial charge in [0.2, 0.25) is 5.91 Å². The molecular formula is C17H21N3OS. The number of amides is 1. The Balaban J connectivity index is 1.48. The third-order valence-electron chi connectivity index (χ3n) is 4.09. The van der Waals surface area contributed by atoms with Crippen LogP contribution >= 0.6 is 11.3 Å². The summed E-state index contributed by atoms with van der Waals surface area (Å²) in [7, 11) is 0. The van der Waals surface area contributed by atoms with Crippen LogP contribution in [0.15, 0.2) is 29.8 Å². The van der Waals surface area contributed by atoms with E-state index in [1.165, 1.54) is 19.3 Å². The van der Waals surface area contributed by atoms with E-state index in [1.807, 2.05) is 18.2 Å². The van der Waals surface area contributed by atoms with Crippen LogP contribution in [0, 0.1) is 5.92 Å². The van der Waals surface area contributed by atoms with E-state index in [2.05, 4.69) is 20.7 Å². The molecule has 2 aromatic rings. The van der Waals surface area contributed by atoms with Crippen molar-refractivity contribution in [2.24, 2.45) is 5.92 Å². The molecule has 4 nitrogen and oxygen atoms in total. The van der Waals surface area contributed by atoms with Gasteiger partial charge in [-0.05, 0) is 25.0 Å². The Labute approximate surface area is 135 Å². The summed E-state index contributed by atoms with van der Waals surface area (Å²) in [5, 5.41) is 6.05. The molecule has 5 heteroatoms. The largest absolute Gasteiger partial charge is 0.355 e. The lowest BCUT2D eigenvalue weighted by atomic mass is 9.89. The van der Waals surface area contributed by atoms with Crippen LogP contribution in [-0.2, 0) is 11.2 Å². The average Bonchev–Trinajstić information content (AvgIpc) is 3.05. The van der Waals surface area contributed by atoms with E-state index in [0.717, 1.165) is 35.7 Å². The quantitative estimate of drug-likeness (QED) is 0.919. The van der Waals surface area contributed by atoms with Crippen molar-refractivity contribution in [3.8, 4) is 10.7 Å². The summed E-state index contributed by atoms with van der Waals surface area (Å²) < 4.78 is 0. The number of pyridine rings is 1. The monoisotopic (exact) mass is 315 g/mol. The van der Waals surface area contributed by atoms with Gasteiger partial charge in [-0.2, -0.15) is 0 Å². The van der Waals surface area contributed by atoms with E-state index in [9.17, 15) is 4.79 Å². The molecule has 3 rings (SSSR count). The number of carbonyl (C=O) groups is 1. The van der Waals surface area contributed by atoms with Crippen molar-refractivity contribution in [2.45, 2.75) is 38.5 Å². The Hall–Kier alpha value is -1.75. The predicted molar refractivity (Wildman–Crippen MR) is 88.6 cm³/mol. The van der Waals surface area contributed by atoms with Crippen LogP contribution in [0.25, 0.3) is 10.7 Å². The van der Waals surface area contributed by atoms with Crippen molar-refractivity contribution >= 4 is 17.2 Å². The molecule has 0 bridgehead atoms. The molecule has 0 radical (unpaired) electrons. The maximum atomic E-state index is 12.1. The minimum atomic E-state index is 0.222. The summed E-state index contributed by atoms with van der Waals surface area (Å²) in [5.41, 5.74) is 1.93. The zero-order valence-corrected chi connectivity index (χ0v) is 13.4. The van der Waals surface area contributed by atoms with Gasteiger partial charge in [-0.3, -0.25) is 9.78 Å². The molecule has 1 saturated carbocycles. The molecule has 1 aliphatic rings. The summed E-state index contributed by atoms with van der Waals surface area (Å²) in [4.78, 5) is 21.0. The molecule has 0 unspecified atom stereocenters. The first-order chi connectivity index (χ1) is 10.8. The van der Waals surface area contributed by atoms with Gasteiger partial charge in [0.25, 0.3) is 0 Å². The van der Waals surface area contributed by atoms with Crippen LogP contribution in [0.4, 0.5) is 0 Å². The minimum Gasteiger partial charge on any atom is -0.355 e. The number of carbonyl (C=O) groups excluding carboxylic acids is 1. The van der Waals surface area contributed by atoms with Gasteiger partial charge in [-0.25, -0.2) is 4.98 Å². The Kier molecular flexibility index (Phi) is 5.16. The maximum absolute atomic E-state index is 12.1. The van der Waals surface area contributed by atoms with Gasteiger partial charge in [0.05, 0.1) is 11.4 Å². The van der Waals surface area contributed by atoms with Crippen molar-refractivity contribution in [1.29, 1.82) is 0 Å². The van der Waals surface area contributed by atoms with Crippen molar-refractivity contribution in [2.75, 3.05) is 6.54 Å². The molecule has 0 aromatic carbocycles. The molecule has 2 aromatic heterocycles. The first-order valence-corrected chi connectivity index (χ1v) is 8.84. The Morgan fingerprint density at radius 2 is 2.14 bits per heavy atom. The van der Waals surface area contributed by atoms with Gasteiger partial charge in [-0.15, -0.1) is 11.3 Å². The van der Waals surface area contributed by atoms with Gasteiger partial charge < -0.3 is 5.32 Å². The first-order valence-electron chi connectivity index (χ1n) is 7.96. The number of aromatic nitrogens is 2. The van der Waals surface area contributed by atoms with Gasteiger partial charge >= 0.3 is 0 Å². The molecule has 116 valence electrons. The highest BCUT2D eigenvalue weighted by atomic mass is 32.1. The normalized spacial score (nSPS) is 15.6. The number of nitrogens with one attached hydrogen (secondary N) is 1. The summed E-state index contributed by atoms with van der Waals surface area (Å²) in [6, 6.07) is 5.83. The molecule has 1 fully saturated rings. The zero-order valence-electron chi connectivity index (χ0n) is 12.6. The lowest BCUT2D eigenvalue weighted by Gasteiger charge is -2.20. The van der Waals surface area contributed by atoms with E-state index in [1.54, 1.807) is 17.5 Å². The Morgan fingerprint density at radius 3 is 2.91 bits per heavy atom. The zero-order chi connectivity index (χ0) is 15.2. The average molecular weight is 315 g/mol. The smallest absolute Gasteiger partial charge is 0.223 e. The van der Waals surface area contributed by atoms with E-state index < -0.39 is 0 Å². The predicted octanol–water partition coefficient (Wildman–Crippen LogP) is 3.44. The molecule has 0 aliphatic heterocycles. The molecular weight excluding hydrogens is 294 g/mol. The standard InChI is InChI=1S/C17H21N3OS/c21-16(13-6-2-1-3-7-13)19-11-9-14-12-22-17(20-14)15-8-4-5-10-18-15/h4-5,8,10,12-13H,1-3,6-7,9,11H2,(H,19,21). The fourth-order valence-corrected chi connectivity index (χ4v) is 3.68. The van der Waals surface area contributed by atoms with Gasteiger partial charge in [0, 0.05) is 30.5 Å². The molecule has 22 heavy (non-hydrogen) atoms. The highest BCUT2D eigenvalue weighted by Crippen LogP contribution is 2.24. The second kappa shape index (κ2) is 7.49. The molecule has 0 saturated heterocycles. The molecule has 2 heterocycles. The Bertz CT molecular complexity index is 605. The fourth-order valence-electron chi connectivity index (χ4n) is 2.85. The van der Waals surface area contributed by atoms with Crippen molar-refractivity contribution < 1.29 is 4.79 Å². The SMILES string of the molecule is O=C(NCCc1csc(-c2ccccn2)n1)C1CCCCC1. The first kappa shape index (κ1) is 15.2. The van der Waals surface area contributed by atoms with E-state index in [-0.39, 0.29) is 11.8 Å². The third-order valence-corrected chi connectivity index (χ3v) is 5.01. The summed E-state index contributed by atoms with van der Waals surface area (Å²) >= 11 is 1.60. The van der Waals surface area contributed by atoms with Crippen molar-refractivity contribution in [3.05, 3.63) is 35.5 Å². The second-order valence-electron chi connectivity index (χ2n) is 5.73. The lowest BCUT2D eigenvalue weighted by molar-refractivity contribution is -0.125. The van der Waals surface area contributed by atoms with E-state index in [4.69, 9.17) is 0 Å². The molecule has 1 amide bonds.